The molecule has 0 saturated carbocycles. The number of hydrogen-bond donors (Lipinski definition) is 1. The van der Waals surface area contributed by atoms with Gasteiger partial charge in [-0.1, -0.05) is 0 Å². The lowest BCUT2D eigenvalue weighted by Gasteiger charge is -2.27. The van der Waals surface area contributed by atoms with Crippen LogP contribution in [0.25, 0.3) is 0 Å². The van der Waals surface area contributed by atoms with Crippen molar-refractivity contribution in [3.63, 3.8) is 0 Å². The van der Waals surface area contributed by atoms with Gasteiger partial charge >= 0.3 is 0 Å². The molecular formula is C13H23N3O. The molecule has 0 aromatic heterocycles. The molecule has 1 atom stereocenters. The van der Waals surface area contributed by atoms with Gasteiger partial charge in [0, 0.05) is 51.2 Å². The molecular weight excluding hydrogens is 214 g/mol. The van der Waals surface area contributed by atoms with Gasteiger partial charge in [0.25, 0.3) is 0 Å². The number of hydrogen-bond acceptors (Lipinski definition) is 4. The highest BCUT2D eigenvalue weighted by molar-refractivity contribution is 5.22. The number of nitrogens with zero attached hydrogens (tertiary/aromatic N) is 2. The molecule has 1 fully saturated rings. The second-order valence-corrected chi connectivity index (χ2v) is 4.65. The summed E-state index contributed by atoms with van der Waals surface area (Å²) in [5.41, 5.74) is 1.37. The molecule has 1 saturated heterocycles. The highest BCUT2D eigenvalue weighted by Crippen LogP contribution is 2.18. The van der Waals surface area contributed by atoms with Crippen LogP contribution >= 0.6 is 0 Å². The first kappa shape index (κ1) is 12.5. The topological polar surface area (TPSA) is 27.7 Å². The van der Waals surface area contributed by atoms with Crippen molar-refractivity contribution in [3.05, 3.63) is 24.0 Å². The van der Waals surface area contributed by atoms with Crippen LogP contribution in [-0.2, 0) is 4.74 Å². The maximum atomic E-state index is 5.08. The van der Waals surface area contributed by atoms with Crippen molar-refractivity contribution in [1.29, 1.82) is 0 Å². The summed E-state index contributed by atoms with van der Waals surface area (Å²) in [5, 5.41) is 3.35. The van der Waals surface area contributed by atoms with E-state index in [-0.39, 0.29) is 0 Å². The van der Waals surface area contributed by atoms with Crippen LogP contribution in [0.4, 0.5) is 0 Å². The Hall–Kier alpha value is -1.00. The van der Waals surface area contributed by atoms with Crippen molar-refractivity contribution in [1.82, 2.24) is 15.1 Å². The normalized spacial score (nSPS) is 24.4. The zero-order chi connectivity index (χ0) is 12.1. The van der Waals surface area contributed by atoms with Gasteiger partial charge in [0.05, 0.1) is 6.61 Å². The summed E-state index contributed by atoms with van der Waals surface area (Å²) in [4.78, 5) is 4.74. The van der Waals surface area contributed by atoms with Crippen LogP contribution in [0.2, 0.25) is 0 Å². The summed E-state index contributed by atoms with van der Waals surface area (Å²) in [6.45, 7) is 5.05. The minimum atomic E-state index is 0.649. The number of nitrogens with one attached hydrogen (secondary N) is 1. The average Bonchev–Trinajstić information content (AvgIpc) is 2.86. The average molecular weight is 237 g/mol. The molecule has 2 aliphatic rings. The quantitative estimate of drug-likeness (QED) is 0.759. The number of allylic oxidation sites excluding steroid dienone is 1. The van der Waals surface area contributed by atoms with Crippen molar-refractivity contribution < 1.29 is 4.74 Å². The van der Waals surface area contributed by atoms with Crippen LogP contribution in [-0.4, -0.2) is 62.8 Å². The predicted octanol–water partition coefficient (Wildman–Crippen LogP) is 0.640. The van der Waals surface area contributed by atoms with Crippen molar-refractivity contribution in [3.8, 4) is 0 Å². The smallest absolute Gasteiger partial charge is 0.0637 e. The fourth-order valence-electron chi connectivity index (χ4n) is 2.36. The minimum absolute atomic E-state index is 0.649. The van der Waals surface area contributed by atoms with Gasteiger partial charge in [0.15, 0.2) is 0 Å². The molecule has 4 heteroatoms. The van der Waals surface area contributed by atoms with Crippen molar-refractivity contribution in [2.24, 2.45) is 0 Å². The second kappa shape index (κ2) is 6.07. The van der Waals surface area contributed by atoms with Crippen molar-refractivity contribution in [2.45, 2.75) is 12.5 Å². The van der Waals surface area contributed by atoms with Gasteiger partial charge in [0.2, 0.25) is 0 Å². The van der Waals surface area contributed by atoms with Crippen molar-refractivity contribution >= 4 is 0 Å². The molecule has 2 heterocycles. The predicted molar refractivity (Wildman–Crippen MR) is 69.7 cm³/mol. The maximum Gasteiger partial charge on any atom is 0.0637 e. The van der Waals surface area contributed by atoms with E-state index < -0.39 is 0 Å². The first-order valence-corrected chi connectivity index (χ1v) is 6.37. The molecule has 0 aromatic rings. The van der Waals surface area contributed by atoms with Crippen LogP contribution in [0.3, 0.4) is 0 Å². The SMILES string of the molecule is CN[C@H]1CCN(C2=CCN(CCOC)C=C2)C1. The molecule has 0 unspecified atom stereocenters. The van der Waals surface area contributed by atoms with Gasteiger partial charge in [-0.2, -0.15) is 0 Å². The molecule has 0 spiro atoms. The highest BCUT2D eigenvalue weighted by atomic mass is 16.5. The van der Waals surface area contributed by atoms with E-state index in [9.17, 15) is 0 Å². The second-order valence-electron chi connectivity index (χ2n) is 4.65. The fraction of sp³-hybridized carbons (Fsp3) is 0.692. The maximum absolute atomic E-state index is 5.08. The number of likely N-dealkylation sites (tertiary alicyclic amines) is 1. The van der Waals surface area contributed by atoms with Crippen molar-refractivity contribution in [2.75, 3.05) is 46.9 Å². The Morgan fingerprint density at radius 1 is 1.53 bits per heavy atom. The molecule has 2 rings (SSSR count). The molecule has 0 aromatic carbocycles. The van der Waals surface area contributed by atoms with Gasteiger partial charge in [-0.3, -0.25) is 0 Å². The van der Waals surface area contributed by atoms with Crippen LogP contribution in [0, 0.1) is 0 Å². The summed E-state index contributed by atoms with van der Waals surface area (Å²) in [6, 6.07) is 0.649. The third kappa shape index (κ3) is 3.23. The Morgan fingerprint density at radius 2 is 2.41 bits per heavy atom. The molecule has 0 amide bonds. The van der Waals surface area contributed by atoms with Gasteiger partial charge in [-0.25, -0.2) is 0 Å². The molecule has 4 nitrogen and oxygen atoms in total. The summed E-state index contributed by atoms with van der Waals surface area (Å²) >= 11 is 0. The number of methoxy groups -OCH3 is 1. The van der Waals surface area contributed by atoms with E-state index in [0.717, 1.165) is 26.2 Å². The van der Waals surface area contributed by atoms with Gasteiger partial charge in [-0.05, 0) is 25.6 Å². The van der Waals surface area contributed by atoms with Crippen LogP contribution < -0.4 is 5.32 Å². The van der Waals surface area contributed by atoms with E-state index in [1.807, 2.05) is 7.05 Å². The molecule has 96 valence electrons. The molecule has 17 heavy (non-hydrogen) atoms. The van der Waals surface area contributed by atoms with E-state index >= 15 is 0 Å². The molecule has 0 bridgehead atoms. The summed E-state index contributed by atoms with van der Waals surface area (Å²) in [6.07, 6.45) is 7.96. The van der Waals surface area contributed by atoms with E-state index in [0.29, 0.717) is 6.04 Å². The molecule has 0 radical (unpaired) electrons. The fourth-order valence-corrected chi connectivity index (χ4v) is 2.36. The summed E-state index contributed by atoms with van der Waals surface area (Å²) in [5.74, 6) is 0. The van der Waals surface area contributed by atoms with Gasteiger partial charge in [0.1, 0.15) is 0 Å². The lowest BCUT2D eigenvalue weighted by Crippen LogP contribution is -2.31. The summed E-state index contributed by atoms with van der Waals surface area (Å²) in [7, 11) is 3.79. The minimum Gasteiger partial charge on any atom is -0.383 e. The Kier molecular flexibility index (Phi) is 4.45. The Bertz CT molecular complexity index is 301. The largest absolute Gasteiger partial charge is 0.383 e. The molecule has 1 N–H and O–H groups in total. The van der Waals surface area contributed by atoms with E-state index in [1.165, 1.54) is 18.7 Å². The lowest BCUT2D eigenvalue weighted by atomic mass is 10.2. The zero-order valence-electron chi connectivity index (χ0n) is 10.9. The monoisotopic (exact) mass is 237 g/mol. The first-order chi connectivity index (χ1) is 8.33. The van der Waals surface area contributed by atoms with Gasteiger partial charge < -0.3 is 19.9 Å². The van der Waals surface area contributed by atoms with E-state index in [2.05, 4.69) is 33.5 Å². The van der Waals surface area contributed by atoms with E-state index in [4.69, 9.17) is 4.74 Å². The Balaban J connectivity index is 1.81. The Morgan fingerprint density at radius 3 is 3.00 bits per heavy atom. The van der Waals surface area contributed by atoms with Crippen LogP contribution in [0.15, 0.2) is 24.0 Å². The van der Waals surface area contributed by atoms with E-state index in [1.54, 1.807) is 7.11 Å². The van der Waals surface area contributed by atoms with Crippen LogP contribution in [0.5, 0.6) is 0 Å². The van der Waals surface area contributed by atoms with Gasteiger partial charge in [-0.15, -0.1) is 0 Å². The highest BCUT2D eigenvalue weighted by Gasteiger charge is 2.22. The third-order valence-electron chi connectivity index (χ3n) is 3.54. The summed E-state index contributed by atoms with van der Waals surface area (Å²) < 4.78 is 5.08. The van der Waals surface area contributed by atoms with Crippen LogP contribution in [0.1, 0.15) is 6.42 Å². The third-order valence-corrected chi connectivity index (χ3v) is 3.54. The number of rotatable bonds is 5. The Labute approximate surface area is 104 Å². The standard InChI is InChI=1S/C13H23N3O/c1-14-12-3-8-16(11-12)13-4-6-15(7-5-13)9-10-17-2/h4-6,12,14H,3,7-11H2,1-2H3/t12-/m0/s1. The first-order valence-electron chi connectivity index (χ1n) is 6.37. The number of likely N-dealkylation sites (N-methyl/N-ethyl adjacent to an activating group) is 1. The lowest BCUT2D eigenvalue weighted by molar-refractivity contribution is 0.172. The zero-order valence-corrected chi connectivity index (χ0v) is 10.9. The number of ether oxygens (including phenoxy) is 1. The molecule has 2 aliphatic heterocycles. The molecule has 0 aliphatic carbocycles.